The molecule has 0 unspecified atom stereocenters. The fourth-order valence-corrected chi connectivity index (χ4v) is 6.90. The fourth-order valence-electron chi connectivity index (χ4n) is 6.56. The summed E-state index contributed by atoms with van der Waals surface area (Å²) in [6.07, 6.45) is 9.14. The lowest BCUT2D eigenvalue weighted by Crippen LogP contribution is -2.58. The highest BCUT2D eigenvalue weighted by Gasteiger charge is 2.61. The predicted octanol–water partition coefficient (Wildman–Crippen LogP) is 4.81. The van der Waals surface area contributed by atoms with Crippen molar-refractivity contribution in [1.82, 2.24) is 25.0 Å². The Bertz CT molecular complexity index is 1060. The molecule has 2 heterocycles. The van der Waals surface area contributed by atoms with E-state index in [1.807, 2.05) is 28.9 Å². The highest BCUT2D eigenvalue weighted by Crippen LogP contribution is 2.64. The van der Waals surface area contributed by atoms with Crippen LogP contribution < -0.4 is 0 Å². The van der Waals surface area contributed by atoms with E-state index < -0.39 is 0 Å². The summed E-state index contributed by atoms with van der Waals surface area (Å²) in [5.74, 6) is 2.75. The van der Waals surface area contributed by atoms with Gasteiger partial charge in [0.15, 0.2) is 0 Å². The first kappa shape index (κ1) is 17.9. The maximum Gasteiger partial charge on any atom is 0.242 e. The summed E-state index contributed by atoms with van der Waals surface area (Å²) in [5, 5.41) is 14.4. The van der Waals surface area contributed by atoms with Gasteiger partial charge >= 0.3 is 0 Å². The number of halogens is 2. The number of aromatic nitrogens is 5. The van der Waals surface area contributed by atoms with Gasteiger partial charge in [-0.05, 0) is 79.7 Å². The zero-order chi connectivity index (χ0) is 19.6. The highest BCUT2D eigenvalue weighted by molar-refractivity contribution is 6.30. The molecule has 0 amide bonds. The molecule has 4 aliphatic rings. The van der Waals surface area contributed by atoms with Crippen molar-refractivity contribution >= 4 is 23.2 Å². The van der Waals surface area contributed by atoms with Crippen molar-refractivity contribution in [2.75, 3.05) is 0 Å². The lowest BCUT2D eigenvalue weighted by Gasteiger charge is -2.60. The van der Waals surface area contributed by atoms with Gasteiger partial charge in [-0.25, -0.2) is 9.67 Å². The molecule has 0 saturated heterocycles. The summed E-state index contributed by atoms with van der Waals surface area (Å²) in [6, 6.07) is 7.79. The van der Waals surface area contributed by atoms with Crippen molar-refractivity contribution in [2.45, 2.75) is 55.9 Å². The summed E-state index contributed by atoms with van der Waals surface area (Å²) in [5.41, 5.74) is 0.973. The minimum absolute atomic E-state index is 0.0359. The third-order valence-corrected chi connectivity index (χ3v) is 7.55. The molecular weight excluding hydrogens is 409 g/mol. The largest absolute Gasteiger partial charge is 0.424 e. The molecule has 4 saturated carbocycles. The van der Waals surface area contributed by atoms with Crippen LogP contribution in [-0.2, 0) is 17.4 Å². The van der Waals surface area contributed by atoms with Gasteiger partial charge in [-0.15, -0.1) is 15.3 Å². The first-order valence-corrected chi connectivity index (χ1v) is 10.9. The van der Waals surface area contributed by atoms with Crippen LogP contribution in [0.25, 0.3) is 0 Å². The fraction of sp³-hybridized carbons (Fsp3) is 0.524. The van der Waals surface area contributed by atoms with Gasteiger partial charge in [-0.3, -0.25) is 0 Å². The SMILES string of the molecule is Clc1cccc(Cc2nnc(C34C[C@H]5C[C@H](C3)CC(n3cnc(Cl)n3)(C5)C4)o2)c1. The van der Waals surface area contributed by atoms with Crippen LogP contribution in [0.3, 0.4) is 0 Å². The van der Waals surface area contributed by atoms with Crippen molar-refractivity contribution in [2.24, 2.45) is 11.8 Å². The van der Waals surface area contributed by atoms with E-state index in [1.165, 1.54) is 6.42 Å². The molecule has 6 nitrogen and oxygen atoms in total. The first-order valence-electron chi connectivity index (χ1n) is 10.2. The monoisotopic (exact) mass is 429 g/mol. The minimum Gasteiger partial charge on any atom is -0.424 e. The summed E-state index contributed by atoms with van der Waals surface area (Å²) >= 11 is 12.2. The molecule has 0 aliphatic heterocycles. The standard InChI is InChI=1S/C21H21Cl2N5O/c22-16-3-1-2-13(5-16)6-17-25-26-18(29-17)20-7-14-4-15(8-20)10-21(9-14,11-20)28-12-24-19(23)27-28/h1-3,5,12,14-15H,4,6-11H2/t14-,15-,20?,21?/m1/s1. The van der Waals surface area contributed by atoms with Crippen molar-refractivity contribution in [3.63, 3.8) is 0 Å². The van der Waals surface area contributed by atoms with Gasteiger partial charge in [-0.2, -0.15) is 0 Å². The molecule has 0 radical (unpaired) electrons. The number of hydrogen-bond acceptors (Lipinski definition) is 5. The maximum absolute atomic E-state index is 6.26. The van der Waals surface area contributed by atoms with Crippen molar-refractivity contribution < 1.29 is 4.42 Å². The Morgan fingerprint density at radius 1 is 1.10 bits per heavy atom. The Hall–Kier alpha value is -1.92. The lowest BCUT2D eigenvalue weighted by molar-refractivity contribution is -0.0775. The van der Waals surface area contributed by atoms with E-state index in [0.717, 1.165) is 48.6 Å². The lowest BCUT2D eigenvalue weighted by atomic mass is 9.47. The molecule has 4 aliphatic carbocycles. The Morgan fingerprint density at radius 2 is 1.93 bits per heavy atom. The van der Waals surface area contributed by atoms with Gasteiger partial charge in [0.25, 0.3) is 0 Å². The number of hydrogen-bond donors (Lipinski definition) is 0. The van der Waals surface area contributed by atoms with Crippen LogP contribution in [-0.4, -0.2) is 25.0 Å². The quantitative estimate of drug-likeness (QED) is 0.595. The van der Waals surface area contributed by atoms with Crippen LogP contribution in [0.1, 0.15) is 55.9 Å². The third kappa shape index (κ3) is 2.91. The molecule has 29 heavy (non-hydrogen) atoms. The minimum atomic E-state index is -0.0674. The topological polar surface area (TPSA) is 69.6 Å². The van der Waals surface area contributed by atoms with Crippen LogP contribution in [0.15, 0.2) is 35.0 Å². The summed E-state index contributed by atoms with van der Waals surface area (Å²) < 4.78 is 8.28. The van der Waals surface area contributed by atoms with E-state index in [9.17, 15) is 0 Å². The van der Waals surface area contributed by atoms with E-state index in [-0.39, 0.29) is 11.0 Å². The Balaban J connectivity index is 1.33. The maximum atomic E-state index is 6.26. The zero-order valence-corrected chi connectivity index (χ0v) is 17.4. The second-order valence-electron chi connectivity index (χ2n) is 9.23. The average Bonchev–Trinajstić information content (AvgIpc) is 3.31. The van der Waals surface area contributed by atoms with Crippen LogP contribution in [0.5, 0.6) is 0 Å². The summed E-state index contributed by atoms with van der Waals surface area (Å²) in [4.78, 5) is 4.18. The van der Waals surface area contributed by atoms with Crippen molar-refractivity contribution in [1.29, 1.82) is 0 Å². The van der Waals surface area contributed by atoms with Gasteiger partial charge in [0.1, 0.15) is 6.33 Å². The van der Waals surface area contributed by atoms with E-state index in [0.29, 0.717) is 29.4 Å². The van der Waals surface area contributed by atoms with E-state index in [4.69, 9.17) is 27.6 Å². The number of rotatable bonds is 4. The summed E-state index contributed by atoms with van der Waals surface area (Å²) in [7, 11) is 0. The average molecular weight is 430 g/mol. The van der Waals surface area contributed by atoms with Gasteiger partial charge < -0.3 is 4.42 Å². The van der Waals surface area contributed by atoms with E-state index in [2.05, 4.69) is 20.3 Å². The smallest absolute Gasteiger partial charge is 0.242 e. The summed E-state index contributed by atoms with van der Waals surface area (Å²) in [6.45, 7) is 0. The molecule has 150 valence electrons. The second-order valence-corrected chi connectivity index (χ2v) is 10.0. The molecule has 3 aromatic rings. The molecule has 0 N–H and O–H groups in total. The normalized spacial score (nSPS) is 32.8. The molecular formula is C21H21Cl2N5O. The van der Waals surface area contributed by atoms with Gasteiger partial charge in [0, 0.05) is 5.02 Å². The van der Waals surface area contributed by atoms with Gasteiger partial charge in [0.05, 0.1) is 17.4 Å². The van der Waals surface area contributed by atoms with Crippen LogP contribution in [0.4, 0.5) is 0 Å². The Labute approximate surface area is 178 Å². The molecule has 0 spiro atoms. The van der Waals surface area contributed by atoms with Crippen molar-refractivity contribution in [3.8, 4) is 0 Å². The number of benzene rings is 1. The predicted molar refractivity (Wildman–Crippen MR) is 108 cm³/mol. The molecule has 1 aromatic carbocycles. The second kappa shape index (κ2) is 6.29. The molecule has 2 aromatic heterocycles. The van der Waals surface area contributed by atoms with Gasteiger partial charge in [-0.1, -0.05) is 23.7 Å². The van der Waals surface area contributed by atoms with Crippen LogP contribution in [0.2, 0.25) is 10.3 Å². The van der Waals surface area contributed by atoms with Crippen LogP contribution >= 0.6 is 23.2 Å². The third-order valence-electron chi connectivity index (χ3n) is 7.15. The molecule has 2 atom stereocenters. The zero-order valence-electron chi connectivity index (χ0n) is 15.9. The van der Waals surface area contributed by atoms with Crippen molar-refractivity contribution in [3.05, 3.63) is 58.2 Å². The number of nitrogens with zero attached hydrogens (tertiary/aromatic N) is 5. The molecule has 4 bridgehead atoms. The Kier molecular flexibility index (Phi) is 3.88. The molecule has 8 heteroatoms. The molecule has 4 fully saturated rings. The van der Waals surface area contributed by atoms with Gasteiger partial charge in [0.2, 0.25) is 17.1 Å². The Morgan fingerprint density at radius 3 is 2.66 bits per heavy atom. The highest BCUT2D eigenvalue weighted by atomic mass is 35.5. The van der Waals surface area contributed by atoms with E-state index >= 15 is 0 Å². The van der Waals surface area contributed by atoms with Crippen LogP contribution in [0, 0.1) is 11.8 Å². The first-order chi connectivity index (χ1) is 14.0. The molecule has 7 rings (SSSR count). The van der Waals surface area contributed by atoms with E-state index in [1.54, 1.807) is 6.33 Å².